The lowest BCUT2D eigenvalue weighted by atomic mass is 10.1. The SMILES string of the molecule is CCOC(=O)c1cc(C(=O)c2ncccc2C(F)(F)F)c[nH]1. The van der Waals surface area contributed by atoms with Crippen LogP contribution in [0.1, 0.15) is 39.0 Å². The van der Waals surface area contributed by atoms with Gasteiger partial charge in [0, 0.05) is 18.0 Å². The highest BCUT2D eigenvalue weighted by Gasteiger charge is 2.36. The third-order valence-electron chi connectivity index (χ3n) is 2.77. The van der Waals surface area contributed by atoms with Crippen molar-refractivity contribution in [2.75, 3.05) is 6.61 Å². The zero-order chi connectivity index (χ0) is 16.3. The van der Waals surface area contributed by atoms with Crippen LogP contribution in [0.2, 0.25) is 0 Å². The number of carbonyl (C=O) groups is 2. The number of carbonyl (C=O) groups excluding carboxylic acids is 2. The van der Waals surface area contributed by atoms with Crippen LogP contribution in [0, 0.1) is 0 Å². The second-order valence-corrected chi connectivity index (χ2v) is 4.25. The molecule has 2 aromatic rings. The van der Waals surface area contributed by atoms with E-state index in [2.05, 4.69) is 9.97 Å². The van der Waals surface area contributed by atoms with Gasteiger partial charge in [-0.15, -0.1) is 0 Å². The van der Waals surface area contributed by atoms with Crippen LogP contribution in [-0.4, -0.2) is 28.3 Å². The Bertz CT molecular complexity index is 707. The van der Waals surface area contributed by atoms with Gasteiger partial charge in [0.2, 0.25) is 5.78 Å². The van der Waals surface area contributed by atoms with Gasteiger partial charge in [-0.2, -0.15) is 13.2 Å². The fourth-order valence-corrected chi connectivity index (χ4v) is 1.80. The molecule has 0 aliphatic carbocycles. The van der Waals surface area contributed by atoms with Gasteiger partial charge in [0.25, 0.3) is 0 Å². The Balaban J connectivity index is 2.36. The third kappa shape index (κ3) is 3.16. The van der Waals surface area contributed by atoms with E-state index in [1.807, 2.05) is 0 Å². The monoisotopic (exact) mass is 312 g/mol. The number of ether oxygens (including phenoxy) is 1. The number of pyridine rings is 1. The van der Waals surface area contributed by atoms with E-state index in [1.54, 1.807) is 6.92 Å². The molecule has 0 unspecified atom stereocenters. The molecule has 0 spiro atoms. The first-order valence-electron chi connectivity index (χ1n) is 6.27. The predicted molar refractivity (Wildman–Crippen MR) is 69.4 cm³/mol. The maximum absolute atomic E-state index is 12.9. The summed E-state index contributed by atoms with van der Waals surface area (Å²) < 4.78 is 43.4. The van der Waals surface area contributed by atoms with Crippen molar-refractivity contribution in [1.29, 1.82) is 0 Å². The van der Waals surface area contributed by atoms with Crippen LogP contribution in [0.5, 0.6) is 0 Å². The number of H-pyrrole nitrogens is 1. The van der Waals surface area contributed by atoms with E-state index in [-0.39, 0.29) is 17.9 Å². The number of rotatable bonds is 4. The molecule has 0 aliphatic heterocycles. The normalized spacial score (nSPS) is 11.3. The summed E-state index contributed by atoms with van der Waals surface area (Å²) in [6.07, 6.45) is -2.45. The number of aromatic amines is 1. The van der Waals surface area contributed by atoms with E-state index in [4.69, 9.17) is 4.74 Å². The van der Waals surface area contributed by atoms with Crippen LogP contribution in [0.15, 0.2) is 30.6 Å². The fourth-order valence-electron chi connectivity index (χ4n) is 1.80. The molecule has 1 N–H and O–H groups in total. The standard InChI is InChI=1S/C14H11F3N2O3/c1-2-22-13(21)10-6-8(7-19-10)12(20)11-9(14(15,16)17)4-3-5-18-11/h3-7,19H,2H2,1H3. The molecule has 0 aliphatic rings. The first-order valence-corrected chi connectivity index (χ1v) is 6.27. The van der Waals surface area contributed by atoms with Gasteiger partial charge in [-0.25, -0.2) is 4.79 Å². The van der Waals surface area contributed by atoms with Gasteiger partial charge >= 0.3 is 12.1 Å². The van der Waals surface area contributed by atoms with E-state index in [9.17, 15) is 22.8 Å². The van der Waals surface area contributed by atoms with Crippen LogP contribution >= 0.6 is 0 Å². The highest BCUT2D eigenvalue weighted by atomic mass is 19.4. The Morgan fingerprint density at radius 1 is 1.36 bits per heavy atom. The van der Waals surface area contributed by atoms with Gasteiger partial charge in [0.05, 0.1) is 12.2 Å². The summed E-state index contributed by atoms with van der Waals surface area (Å²) in [6, 6.07) is 3.01. The fraction of sp³-hybridized carbons (Fsp3) is 0.214. The van der Waals surface area contributed by atoms with Crippen LogP contribution in [0.3, 0.4) is 0 Å². The summed E-state index contributed by atoms with van der Waals surface area (Å²) >= 11 is 0. The Labute approximate surface area is 123 Å². The number of aromatic nitrogens is 2. The van der Waals surface area contributed by atoms with Crippen molar-refractivity contribution in [2.24, 2.45) is 0 Å². The second kappa shape index (κ2) is 6.00. The molecular formula is C14H11F3N2O3. The quantitative estimate of drug-likeness (QED) is 0.696. The molecule has 22 heavy (non-hydrogen) atoms. The number of hydrogen-bond acceptors (Lipinski definition) is 4. The van der Waals surface area contributed by atoms with Crippen molar-refractivity contribution in [3.8, 4) is 0 Å². The molecule has 2 rings (SSSR count). The molecule has 0 bridgehead atoms. The van der Waals surface area contributed by atoms with Crippen molar-refractivity contribution in [3.63, 3.8) is 0 Å². The topological polar surface area (TPSA) is 72.1 Å². The van der Waals surface area contributed by atoms with E-state index < -0.39 is 29.2 Å². The summed E-state index contributed by atoms with van der Waals surface area (Å²) in [5.41, 5.74) is -1.97. The average Bonchev–Trinajstić information content (AvgIpc) is 2.96. The minimum Gasteiger partial charge on any atom is -0.461 e. The minimum absolute atomic E-state index is 0.0188. The second-order valence-electron chi connectivity index (χ2n) is 4.25. The molecule has 0 saturated carbocycles. The number of nitrogens with one attached hydrogen (secondary N) is 1. The summed E-state index contributed by atoms with van der Waals surface area (Å²) in [4.78, 5) is 29.7. The lowest BCUT2D eigenvalue weighted by Gasteiger charge is -2.09. The Hall–Kier alpha value is -2.64. The number of nitrogens with zero attached hydrogens (tertiary/aromatic N) is 1. The van der Waals surface area contributed by atoms with E-state index in [0.717, 1.165) is 30.6 Å². The molecule has 5 nitrogen and oxygen atoms in total. The largest absolute Gasteiger partial charge is 0.461 e. The Kier molecular flexibility index (Phi) is 4.30. The molecule has 2 heterocycles. The van der Waals surface area contributed by atoms with E-state index in [0.29, 0.717) is 0 Å². The zero-order valence-corrected chi connectivity index (χ0v) is 11.4. The summed E-state index contributed by atoms with van der Waals surface area (Å²) in [6.45, 7) is 1.75. The molecule has 0 saturated heterocycles. The molecule has 8 heteroatoms. The number of alkyl halides is 3. The molecule has 2 aromatic heterocycles. The summed E-state index contributed by atoms with van der Waals surface area (Å²) in [7, 11) is 0. The lowest BCUT2D eigenvalue weighted by molar-refractivity contribution is -0.138. The van der Waals surface area contributed by atoms with Gasteiger partial charge in [-0.05, 0) is 25.1 Å². The zero-order valence-electron chi connectivity index (χ0n) is 11.4. The number of hydrogen-bond donors (Lipinski definition) is 1. The molecule has 0 atom stereocenters. The first-order chi connectivity index (χ1) is 10.3. The number of ketones is 1. The Morgan fingerprint density at radius 3 is 2.73 bits per heavy atom. The van der Waals surface area contributed by atoms with Crippen molar-refractivity contribution < 1.29 is 27.5 Å². The highest BCUT2D eigenvalue weighted by Crippen LogP contribution is 2.31. The molecular weight excluding hydrogens is 301 g/mol. The molecule has 0 amide bonds. The maximum atomic E-state index is 12.9. The van der Waals surface area contributed by atoms with E-state index >= 15 is 0 Å². The molecule has 0 fully saturated rings. The predicted octanol–water partition coefficient (Wildman–Crippen LogP) is 2.84. The minimum atomic E-state index is -4.69. The van der Waals surface area contributed by atoms with Crippen molar-refractivity contribution in [1.82, 2.24) is 9.97 Å². The van der Waals surface area contributed by atoms with Gasteiger partial charge < -0.3 is 9.72 Å². The Morgan fingerprint density at radius 2 is 2.09 bits per heavy atom. The smallest absolute Gasteiger partial charge is 0.418 e. The number of halogens is 3. The van der Waals surface area contributed by atoms with Crippen LogP contribution in [0.25, 0.3) is 0 Å². The lowest BCUT2D eigenvalue weighted by Crippen LogP contribution is -2.15. The van der Waals surface area contributed by atoms with E-state index in [1.165, 1.54) is 0 Å². The van der Waals surface area contributed by atoms with Crippen molar-refractivity contribution in [3.05, 3.63) is 53.1 Å². The average molecular weight is 312 g/mol. The first kappa shape index (κ1) is 15.7. The van der Waals surface area contributed by atoms with Crippen LogP contribution < -0.4 is 0 Å². The van der Waals surface area contributed by atoms with Gasteiger partial charge in [0.15, 0.2) is 0 Å². The molecule has 0 aromatic carbocycles. The van der Waals surface area contributed by atoms with Crippen LogP contribution in [-0.2, 0) is 10.9 Å². The number of esters is 1. The van der Waals surface area contributed by atoms with Crippen LogP contribution in [0.4, 0.5) is 13.2 Å². The highest BCUT2D eigenvalue weighted by molar-refractivity contribution is 6.09. The third-order valence-corrected chi connectivity index (χ3v) is 2.77. The van der Waals surface area contributed by atoms with Crippen molar-refractivity contribution >= 4 is 11.8 Å². The van der Waals surface area contributed by atoms with Gasteiger partial charge in [0.1, 0.15) is 11.4 Å². The van der Waals surface area contributed by atoms with Gasteiger partial charge in [-0.1, -0.05) is 0 Å². The summed E-state index contributed by atoms with van der Waals surface area (Å²) in [5.74, 6) is -1.63. The summed E-state index contributed by atoms with van der Waals surface area (Å²) in [5, 5.41) is 0. The molecule has 116 valence electrons. The molecule has 0 radical (unpaired) electrons. The maximum Gasteiger partial charge on any atom is 0.418 e. The van der Waals surface area contributed by atoms with Gasteiger partial charge in [-0.3, -0.25) is 9.78 Å². The van der Waals surface area contributed by atoms with Crippen molar-refractivity contribution in [2.45, 2.75) is 13.1 Å².